The Bertz CT molecular complexity index is 903. The van der Waals surface area contributed by atoms with Crippen LogP contribution in [0.4, 0.5) is 11.4 Å². The fourth-order valence-electron chi connectivity index (χ4n) is 3.90. The van der Waals surface area contributed by atoms with Gasteiger partial charge in [0, 0.05) is 54.8 Å². The molecule has 0 unspecified atom stereocenters. The first-order valence-corrected chi connectivity index (χ1v) is 9.87. The monoisotopic (exact) mass is 378 g/mol. The van der Waals surface area contributed by atoms with Gasteiger partial charge in [0.05, 0.1) is 0 Å². The summed E-state index contributed by atoms with van der Waals surface area (Å²) in [6, 6.07) is 4.68. The molecule has 0 fully saturated rings. The maximum absolute atomic E-state index is 10.8. The van der Waals surface area contributed by atoms with Crippen LogP contribution in [-0.2, 0) is 10.2 Å². The van der Waals surface area contributed by atoms with Crippen molar-refractivity contribution in [1.82, 2.24) is 0 Å². The maximum atomic E-state index is 10.8. The largest absolute Gasteiger partial charge is 0.478 e. The summed E-state index contributed by atoms with van der Waals surface area (Å²) in [5.74, 6) is -0.915. The molecule has 28 heavy (non-hydrogen) atoms. The average molecular weight is 379 g/mol. The van der Waals surface area contributed by atoms with Crippen molar-refractivity contribution in [1.29, 1.82) is 0 Å². The van der Waals surface area contributed by atoms with Gasteiger partial charge in [-0.2, -0.15) is 0 Å². The van der Waals surface area contributed by atoms with E-state index in [0.717, 1.165) is 25.1 Å². The Morgan fingerprint density at radius 3 is 2.71 bits per heavy atom. The summed E-state index contributed by atoms with van der Waals surface area (Å²) in [4.78, 5) is 15.4. The summed E-state index contributed by atoms with van der Waals surface area (Å²) in [7, 11) is 2.15. The van der Waals surface area contributed by atoms with Gasteiger partial charge in [-0.25, -0.2) is 4.79 Å². The summed E-state index contributed by atoms with van der Waals surface area (Å²) >= 11 is 0. The van der Waals surface area contributed by atoms with E-state index in [2.05, 4.69) is 68.1 Å². The van der Waals surface area contributed by atoms with Gasteiger partial charge in [0.25, 0.3) is 0 Å². The molecule has 2 aliphatic rings. The van der Waals surface area contributed by atoms with Gasteiger partial charge in [-0.15, -0.1) is 0 Å². The van der Waals surface area contributed by atoms with Crippen LogP contribution in [0, 0.1) is 0 Å². The molecule has 2 aliphatic heterocycles. The Hall–Kier alpha value is -2.75. The standard InChI is InChI=1S/C24H30N2O2/c1-6-26-13-11-24(3,4)20-16-21-19(15-22(20)26)18(10-12-25(21)5)9-7-8-17(2)14-23(27)28/h7-9,11,13-16H,6,10,12H2,1-5H3,(H,27,28)/b8-7+,17-14+,18-9+. The van der Waals surface area contributed by atoms with Crippen molar-refractivity contribution in [2.45, 2.75) is 39.5 Å². The third-order valence-corrected chi connectivity index (χ3v) is 5.61. The highest BCUT2D eigenvalue weighted by Crippen LogP contribution is 2.45. The number of allylic oxidation sites excluding steroid dienone is 5. The summed E-state index contributed by atoms with van der Waals surface area (Å²) in [6.07, 6.45) is 12.6. The van der Waals surface area contributed by atoms with Crippen LogP contribution in [0.25, 0.3) is 5.57 Å². The smallest absolute Gasteiger partial charge is 0.328 e. The van der Waals surface area contributed by atoms with Crippen LogP contribution in [0.15, 0.2) is 54.3 Å². The van der Waals surface area contributed by atoms with E-state index >= 15 is 0 Å². The molecule has 1 aromatic carbocycles. The minimum absolute atomic E-state index is 0.0108. The molecule has 0 saturated heterocycles. The number of hydrogen-bond acceptors (Lipinski definition) is 3. The molecule has 3 rings (SSSR count). The number of carbonyl (C=O) groups is 1. The molecule has 0 aromatic heterocycles. The van der Waals surface area contributed by atoms with Crippen molar-refractivity contribution in [2.75, 3.05) is 29.9 Å². The van der Waals surface area contributed by atoms with Crippen molar-refractivity contribution < 1.29 is 9.90 Å². The molecule has 0 bridgehead atoms. The van der Waals surface area contributed by atoms with E-state index in [1.54, 1.807) is 6.92 Å². The summed E-state index contributed by atoms with van der Waals surface area (Å²) < 4.78 is 0. The lowest BCUT2D eigenvalue weighted by Gasteiger charge is -2.38. The number of carboxylic acids is 1. The van der Waals surface area contributed by atoms with Gasteiger partial charge >= 0.3 is 5.97 Å². The van der Waals surface area contributed by atoms with Crippen molar-refractivity contribution in [2.24, 2.45) is 0 Å². The zero-order valence-corrected chi connectivity index (χ0v) is 17.5. The Labute approximate surface area is 168 Å². The molecule has 0 radical (unpaired) electrons. The number of nitrogens with zero attached hydrogens (tertiary/aromatic N) is 2. The molecule has 0 atom stereocenters. The number of benzene rings is 1. The first kappa shape index (κ1) is 20.0. The molecule has 4 nitrogen and oxygen atoms in total. The van der Waals surface area contributed by atoms with Crippen molar-refractivity contribution in [3.8, 4) is 0 Å². The van der Waals surface area contributed by atoms with Gasteiger partial charge in [0.15, 0.2) is 0 Å². The zero-order chi connectivity index (χ0) is 20.5. The second kappa shape index (κ2) is 7.70. The molecular weight excluding hydrogens is 348 g/mol. The first-order chi connectivity index (χ1) is 13.2. The van der Waals surface area contributed by atoms with E-state index in [0.29, 0.717) is 0 Å². The predicted octanol–water partition coefficient (Wildman–Crippen LogP) is 5.13. The van der Waals surface area contributed by atoms with Crippen LogP contribution < -0.4 is 9.80 Å². The molecule has 148 valence electrons. The Morgan fingerprint density at radius 2 is 2.04 bits per heavy atom. The molecule has 0 aliphatic carbocycles. The lowest BCUT2D eigenvalue weighted by molar-refractivity contribution is -0.131. The van der Waals surface area contributed by atoms with Crippen LogP contribution in [0.1, 0.15) is 45.2 Å². The summed E-state index contributed by atoms with van der Waals surface area (Å²) in [5.41, 5.74) is 7.20. The quantitative estimate of drug-likeness (QED) is 0.583. The van der Waals surface area contributed by atoms with Gasteiger partial charge in [-0.3, -0.25) is 0 Å². The number of carboxylic acid groups (broad SMARTS) is 1. The van der Waals surface area contributed by atoms with Gasteiger partial charge in [0.1, 0.15) is 0 Å². The van der Waals surface area contributed by atoms with Gasteiger partial charge in [-0.05, 0) is 49.1 Å². The molecule has 1 aromatic rings. The highest BCUT2D eigenvalue weighted by molar-refractivity contribution is 5.85. The van der Waals surface area contributed by atoms with Gasteiger partial charge < -0.3 is 14.9 Å². The lowest BCUT2D eigenvalue weighted by atomic mass is 9.79. The number of hydrogen-bond donors (Lipinski definition) is 1. The minimum Gasteiger partial charge on any atom is -0.478 e. The van der Waals surface area contributed by atoms with Crippen molar-refractivity contribution >= 4 is 22.9 Å². The number of fused-ring (bicyclic) bond motifs is 2. The fraction of sp³-hybridized carbons (Fsp3) is 0.375. The van der Waals surface area contributed by atoms with Gasteiger partial charge in [-0.1, -0.05) is 38.2 Å². The maximum Gasteiger partial charge on any atom is 0.328 e. The van der Waals surface area contributed by atoms with E-state index in [9.17, 15) is 4.79 Å². The topological polar surface area (TPSA) is 43.8 Å². The van der Waals surface area contributed by atoms with E-state index in [-0.39, 0.29) is 5.41 Å². The highest BCUT2D eigenvalue weighted by Gasteiger charge is 2.30. The molecule has 0 spiro atoms. The molecular formula is C24H30N2O2. The summed E-state index contributed by atoms with van der Waals surface area (Å²) in [5, 5.41) is 8.85. The van der Waals surface area contributed by atoms with Crippen LogP contribution in [0.5, 0.6) is 0 Å². The van der Waals surface area contributed by atoms with Crippen molar-refractivity contribution in [3.05, 3.63) is 65.4 Å². The predicted molar refractivity (Wildman–Crippen MR) is 118 cm³/mol. The molecule has 4 heteroatoms. The normalized spacial score (nSPS) is 19.9. The zero-order valence-electron chi connectivity index (χ0n) is 17.5. The van der Waals surface area contributed by atoms with E-state index in [4.69, 9.17) is 5.11 Å². The Balaban J connectivity index is 2.05. The second-order valence-electron chi connectivity index (χ2n) is 8.16. The SMILES string of the molecule is CCN1C=CC(C)(C)c2cc3c(cc21)/C(=C/C=C/C(C)=C/C(=O)O)CCN3C. The van der Waals surface area contributed by atoms with Crippen LogP contribution in [0.2, 0.25) is 0 Å². The van der Waals surface area contributed by atoms with Crippen LogP contribution in [0.3, 0.4) is 0 Å². The number of rotatable bonds is 4. The van der Waals surface area contributed by atoms with Crippen molar-refractivity contribution in [3.63, 3.8) is 0 Å². The average Bonchev–Trinajstić information content (AvgIpc) is 2.62. The lowest BCUT2D eigenvalue weighted by Crippen LogP contribution is -2.30. The fourth-order valence-corrected chi connectivity index (χ4v) is 3.90. The second-order valence-corrected chi connectivity index (χ2v) is 8.16. The third kappa shape index (κ3) is 3.91. The first-order valence-electron chi connectivity index (χ1n) is 9.87. The molecule has 1 N–H and O–H groups in total. The summed E-state index contributed by atoms with van der Waals surface area (Å²) in [6.45, 7) is 10.4. The highest BCUT2D eigenvalue weighted by atomic mass is 16.4. The molecule has 0 amide bonds. The van der Waals surface area contributed by atoms with E-state index in [1.807, 2.05) is 12.2 Å². The third-order valence-electron chi connectivity index (χ3n) is 5.61. The minimum atomic E-state index is -0.915. The van der Waals surface area contributed by atoms with E-state index < -0.39 is 5.97 Å². The van der Waals surface area contributed by atoms with E-state index in [1.165, 1.54) is 34.2 Å². The Morgan fingerprint density at radius 1 is 1.29 bits per heavy atom. The molecule has 2 heterocycles. The number of anilines is 2. The Kier molecular flexibility index (Phi) is 5.50. The van der Waals surface area contributed by atoms with Crippen LogP contribution in [-0.4, -0.2) is 31.2 Å². The van der Waals surface area contributed by atoms with Crippen LogP contribution >= 0.6 is 0 Å². The van der Waals surface area contributed by atoms with Gasteiger partial charge in [0.2, 0.25) is 0 Å². The molecule has 0 saturated carbocycles. The number of aliphatic carboxylic acids is 1.